The summed E-state index contributed by atoms with van der Waals surface area (Å²) in [6.45, 7) is 0. The quantitative estimate of drug-likeness (QED) is 0.862. The lowest BCUT2D eigenvalue weighted by atomic mass is 9.95. The Balaban J connectivity index is 1.41. The van der Waals surface area contributed by atoms with Crippen LogP contribution in [0.4, 0.5) is 14.5 Å². The predicted molar refractivity (Wildman–Crippen MR) is 86.7 cm³/mol. The minimum Gasteiger partial charge on any atom is -0.436 e. The Morgan fingerprint density at radius 3 is 2.79 bits per heavy atom. The topological polar surface area (TPSA) is 47.0 Å². The van der Waals surface area contributed by atoms with Gasteiger partial charge in [0.2, 0.25) is 5.88 Å². The van der Waals surface area contributed by atoms with E-state index in [1.54, 1.807) is 30.5 Å². The van der Waals surface area contributed by atoms with E-state index in [1.165, 1.54) is 0 Å². The Kier molecular flexibility index (Phi) is 3.79. The molecule has 1 N–H and O–H groups in total. The number of aromatic nitrogens is 2. The normalized spacial score (nSPS) is 27.2. The van der Waals surface area contributed by atoms with E-state index in [0.717, 1.165) is 12.1 Å². The SMILES string of the molecule is FC1(F)C2CCC(Nc3ccc(Oc4cccnn4)c(Cl)c3)CC21. The lowest BCUT2D eigenvalue weighted by Gasteiger charge is -2.23. The van der Waals surface area contributed by atoms with Gasteiger partial charge in [-0.05, 0) is 43.5 Å². The van der Waals surface area contributed by atoms with Crippen molar-refractivity contribution in [2.45, 2.75) is 31.2 Å². The molecular formula is C17H16ClF2N3O. The number of benzene rings is 1. The second-order valence-electron chi connectivity index (χ2n) is 6.35. The largest absolute Gasteiger partial charge is 0.436 e. The molecule has 4 nitrogen and oxygen atoms in total. The van der Waals surface area contributed by atoms with Gasteiger partial charge in [0.25, 0.3) is 5.92 Å². The summed E-state index contributed by atoms with van der Waals surface area (Å²) >= 11 is 6.25. The Bertz CT molecular complexity index is 744. The van der Waals surface area contributed by atoms with E-state index < -0.39 is 17.8 Å². The van der Waals surface area contributed by atoms with E-state index >= 15 is 0 Å². The summed E-state index contributed by atoms with van der Waals surface area (Å²) in [5.74, 6) is -2.49. The van der Waals surface area contributed by atoms with Gasteiger partial charge in [-0.15, -0.1) is 5.10 Å². The van der Waals surface area contributed by atoms with Crippen LogP contribution in [-0.4, -0.2) is 22.2 Å². The van der Waals surface area contributed by atoms with Gasteiger partial charge in [0.05, 0.1) is 5.02 Å². The standard InChI is InChI=1S/C17H16ClF2N3O/c18-14-9-11(4-6-15(14)24-16-2-1-7-21-23-16)22-10-3-5-12-13(8-10)17(12,19)20/h1-2,4,6-7,9-10,12-13,22H,3,5,8H2. The highest BCUT2D eigenvalue weighted by molar-refractivity contribution is 6.32. The number of rotatable bonds is 4. The Morgan fingerprint density at radius 1 is 1.21 bits per heavy atom. The van der Waals surface area contributed by atoms with Crippen molar-refractivity contribution >= 4 is 17.3 Å². The molecular weight excluding hydrogens is 336 g/mol. The van der Waals surface area contributed by atoms with Gasteiger partial charge in [-0.3, -0.25) is 0 Å². The van der Waals surface area contributed by atoms with Crippen molar-refractivity contribution in [2.75, 3.05) is 5.32 Å². The molecule has 126 valence electrons. The molecule has 2 aromatic rings. The minimum atomic E-state index is -2.46. The summed E-state index contributed by atoms with van der Waals surface area (Å²) < 4.78 is 32.5. The molecule has 2 aliphatic carbocycles. The summed E-state index contributed by atoms with van der Waals surface area (Å²) in [7, 11) is 0. The predicted octanol–water partition coefficient (Wildman–Crippen LogP) is 4.77. The van der Waals surface area contributed by atoms with Gasteiger partial charge in [-0.25, -0.2) is 8.78 Å². The number of hydrogen-bond donors (Lipinski definition) is 1. The van der Waals surface area contributed by atoms with Crippen molar-refractivity contribution in [2.24, 2.45) is 11.8 Å². The fraction of sp³-hybridized carbons (Fsp3) is 0.412. The molecule has 2 aliphatic rings. The highest BCUT2D eigenvalue weighted by Crippen LogP contribution is 2.62. The summed E-state index contributed by atoms with van der Waals surface area (Å²) in [6, 6.07) is 8.76. The molecule has 3 atom stereocenters. The van der Waals surface area contributed by atoms with Crippen LogP contribution in [-0.2, 0) is 0 Å². The molecule has 2 fully saturated rings. The van der Waals surface area contributed by atoms with Crippen molar-refractivity contribution in [1.29, 1.82) is 0 Å². The molecule has 4 rings (SSSR count). The molecule has 0 spiro atoms. The smallest absolute Gasteiger partial charge is 0.254 e. The van der Waals surface area contributed by atoms with Gasteiger partial charge in [-0.1, -0.05) is 11.6 Å². The van der Waals surface area contributed by atoms with Gasteiger partial charge in [0.15, 0.2) is 0 Å². The fourth-order valence-electron chi connectivity index (χ4n) is 3.48. The number of hydrogen-bond acceptors (Lipinski definition) is 4. The molecule has 0 amide bonds. The number of nitrogens with zero attached hydrogens (tertiary/aromatic N) is 2. The number of ether oxygens (including phenoxy) is 1. The van der Waals surface area contributed by atoms with Crippen molar-refractivity contribution in [3.05, 3.63) is 41.6 Å². The van der Waals surface area contributed by atoms with Crippen LogP contribution in [0.1, 0.15) is 19.3 Å². The molecule has 2 saturated carbocycles. The minimum absolute atomic E-state index is 0.0578. The number of alkyl halides is 2. The number of halogens is 3. The van der Waals surface area contributed by atoms with Crippen molar-refractivity contribution in [3.63, 3.8) is 0 Å². The summed E-state index contributed by atoms with van der Waals surface area (Å²) in [4.78, 5) is 0. The van der Waals surface area contributed by atoms with E-state index in [1.807, 2.05) is 6.07 Å². The van der Waals surface area contributed by atoms with E-state index in [0.29, 0.717) is 29.5 Å². The summed E-state index contributed by atoms with van der Waals surface area (Å²) in [6.07, 6.45) is 3.40. The summed E-state index contributed by atoms with van der Waals surface area (Å²) in [5.41, 5.74) is 0.805. The van der Waals surface area contributed by atoms with Gasteiger partial charge >= 0.3 is 0 Å². The van der Waals surface area contributed by atoms with E-state index in [4.69, 9.17) is 16.3 Å². The van der Waals surface area contributed by atoms with E-state index in [-0.39, 0.29) is 6.04 Å². The molecule has 1 heterocycles. The Hall–Kier alpha value is -1.95. The molecule has 24 heavy (non-hydrogen) atoms. The maximum atomic E-state index is 13.5. The van der Waals surface area contributed by atoms with Crippen molar-refractivity contribution < 1.29 is 13.5 Å². The fourth-order valence-corrected chi connectivity index (χ4v) is 3.69. The van der Waals surface area contributed by atoms with Crippen LogP contribution in [0.5, 0.6) is 11.6 Å². The first-order valence-electron chi connectivity index (χ1n) is 7.93. The highest BCUT2D eigenvalue weighted by Gasteiger charge is 2.68. The molecule has 0 saturated heterocycles. The molecule has 0 bridgehead atoms. The third-order valence-corrected chi connectivity index (χ3v) is 5.09. The number of nitrogens with one attached hydrogen (secondary N) is 1. The monoisotopic (exact) mass is 351 g/mol. The average molecular weight is 352 g/mol. The zero-order valence-corrected chi connectivity index (χ0v) is 13.5. The van der Waals surface area contributed by atoms with Gasteiger partial charge in [0, 0.05) is 35.8 Å². The first-order chi connectivity index (χ1) is 11.5. The highest BCUT2D eigenvalue weighted by atomic mass is 35.5. The number of anilines is 1. The first-order valence-corrected chi connectivity index (χ1v) is 8.31. The third-order valence-electron chi connectivity index (χ3n) is 4.79. The zero-order valence-electron chi connectivity index (χ0n) is 12.8. The van der Waals surface area contributed by atoms with Crippen LogP contribution in [0.15, 0.2) is 36.5 Å². The van der Waals surface area contributed by atoms with Gasteiger partial charge in [0.1, 0.15) is 5.75 Å². The molecule has 1 aromatic carbocycles. The second kappa shape index (κ2) is 5.84. The lowest BCUT2D eigenvalue weighted by Crippen LogP contribution is -2.23. The maximum absolute atomic E-state index is 13.5. The van der Waals surface area contributed by atoms with Crippen LogP contribution < -0.4 is 10.1 Å². The Morgan fingerprint density at radius 2 is 2.08 bits per heavy atom. The van der Waals surface area contributed by atoms with Crippen LogP contribution in [0.2, 0.25) is 5.02 Å². The number of fused-ring (bicyclic) bond motifs is 1. The van der Waals surface area contributed by atoms with Gasteiger partial charge < -0.3 is 10.1 Å². The molecule has 0 radical (unpaired) electrons. The van der Waals surface area contributed by atoms with Crippen LogP contribution >= 0.6 is 11.6 Å². The van der Waals surface area contributed by atoms with E-state index in [9.17, 15) is 8.78 Å². The maximum Gasteiger partial charge on any atom is 0.254 e. The summed E-state index contributed by atoms with van der Waals surface area (Å²) in [5, 5.41) is 11.3. The van der Waals surface area contributed by atoms with E-state index in [2.05, 4.69) is 15.5 Å². The molecule has 1 aromatic heterocycles. The van der Waals surface area contributed by atoms with Crippen LogP contribution in [0.3, 0.4) is 0 Å². The van der Waals surface area contributed by atoms with Gasteiger partial charge in [-0.2, -0.15) is 5.10 Å². The Labute approximate surface area is 143 Å². The molecule has 7 heteroatoms. The van der Waals surface area contributed by atoms with Crippen molar-refractivity contribution in [3.8, 4) is 11.6 Å². The zero-order chi connectivity index (χ0) is 16.7. The lowest BCUT2D eigenvalue weighted by molar-refractivity contribution is 0.0849. The molecule has 0 aliphatic heterocycles. The average Bonchev–Trinajstić information content (AvgIpc) is 3.12. The molecule has 3 unspecified atom stereocenters. The van der Waals surface area contributed by atoms with Crippen LogP contribution in [0.25, 0.3) is 0 Å². The van der Waals surface area contributed by atoms with Crippen LogP contribution in [0, 0.1) is 11.8 Å². The second-order valence-corrected chi connectivity index (χ2v) is 6.76. The first kappa shape index (κ1) is 15.6. The van der Waals surface area contributed by atoms with Crippen molar-refractivity contribution in [1.82, 2.24) is 10.2 Å². The third kappa shape index (κ3) is 2.90.